The normalized spacial score (nSPS) is 11.5. The van der Waals surface area contributed by atoms with Crippen LogP contribution in [0, 0.1) is 0 Å². The van der Waals surface area contributed by atoms with Crippen LogP contribution in [-0.4, -0.2) is 44.0 Å². The van der Waals surface area contributed by atoms with Crippen LogP contribution in [0.5, 0.6) is 0 Å². The molecule has 2 aromatic heterocycles. The third kappa shape index (κ3) is 4.85. The maximum atomic E-state index is 12.6. The number of carbonyl (C=O) groups is 2. The molecule has 0 fully saturated rings. The van der Waals surface area contributed by atoms with Gasteiger partial charge in [0.15, 0.2) is 4.34 Å². The van der Waals surface area contributed by atoms with Gasteiger partial charge in [0.05, 0.1) is 23.6 Å². The zero-order valence-corrected chi connectivity index (χ0v) is 18.6. The SMILES string of the molecule is CCOC(=O)c1ccccc1NC(=O)CSc1nn2c(=O)c(C(C)(C)C)nnc2s1. The maximum Gasteiger partial charge on any atom is 0.340 e. The summed E-state index contributed by atoms with van der Waals surface area (Å²) in [4.78, 5) is 37.4. The number of hydrogen-bond donors (Lipinski definition) is 1. The quantitative estimate of drug-likeness (QED) is 0.453. The van der Waals surface area contributed by atoms with Crippen LogP contribution < -0.4 is 10.9 Å². The Morgan fingerprint density at radius 1 is 1.23 bits per heavy atom. The van der Waals surface area contributed by atoms with Crippen molar-refractivity contribution in [1.29, 1.82) is 0 Å². The number of amides is 1. The summed E-state index contributed by atoms with van der Waals surface area (Å²) < 4.78 is 6.74. The Kier molecular flexibility index (Phi) is 6.52. The molecule has 0 aliphatic carbocycles. The second kappa shape index (κ2) is 8.92. The number of para-hydroxylation sites is 1. The summed E-state index contributed by atoms with van der Waals surface area (Å²) in [7, 11) is 0. The van der Waals surface area contributed by atoms with Gasteiger partial charge in [-0.1, -0.05) is 56.0 Å². The van der Waals surface area contributed by atoms with E-state index in [0.29, 0.717) is 20.7 Å². The summed E-state index contributed by atoms with van der Waals surface area (Å²) in [6.45, 7) is 7.60. The highest BCUT2D eigenvalue weighted by molar-refractivity contribution is 8.01. The fourth-order valence-corrected chi connectivity index (χ4v) is 4.19. The summed E-state index contributed by atoms with van der Waals surface area (Å²) in [5.41, 5.74) is 0.226. The molecule has 11 heteroatoms. The van der Waals surface area contributed by atoms with E-state index in [1.54, 1.807) is 31.2 Å². The van der Waals surface area contributed by atoms with Crippen LogP contribution in [0.1, 0.15) is 43.7 Å². The molecule has 0 bridgehead atoms. The molecule has 0 radical (unpaired) electrons. The lowest BCUT2D eigenvalue weighted by molar-refractivity contribution is -0.113. The van der Waals surface area contributed by atoms with E-state index in [9.17, 15) is 14.4 Å². The maximum absolute atomic E-state index is 12.6. The Morgan fingerprint density at radius 2 is 1.97 bits per heavy atom. The Morgan fingerprint density at radius 3 is 2.67 bits per heavy atom. The van der Waals surface area contributed by atoms with Crippen molar-refractivity contribution in [3.8, 4) is 0 Å². The highest BCUT2D eigenvalue weighted by Crippen LogP contribution is 2.24. The number of nitrogens with zero attached hydrogens (tertiary/aromatic N) is 4. The van der Waals surface area contributed by atoms with Crippen LogP contribution >= 0.6 is 23.1 Å². The lowest BCUT2D eigenvalue weighted by Gasteiger charge is -2.14. The molecule has 30 heavy (non-hydrogen) atoms. The van der Waals surface area contributed by atoms with Gasteiger partial charge >= 0.3 is 5.97 Å². The highest BCUT2D eigenvalue weighted by atomic mass is 32.2. The van der Waals surface area contributed by atoms with Crippen LogP contribution in [0.2, 0.25) is 0 Å². The number of aromatic nitrogens is 4. The number of fused-ring (bicyclic) bond motifs is 1. The van der Waals surface area contributed by atoms with E-state index in [1.165, 1.54) is 27.6 Å². The molecule has 1 amide bonds. The van der Waals surface area contributed by atoms with Gasteiger partial charge in [-0.15, -0.1) is 15.3 Å². The Bertz CT molecular complexity index is 1150. The first-order chi connectivity index (χ1) is 14.2. The smallest absolute Gasteiger partial charge is 0.340 e. The predicted octanol–water partition coefficient (Wildman–Crippen LogP) is 2.75. The van der Waals surface area contributed by atoms with E-state index in [0.717, 1.165) is 0 Å². The topological polar surface area (TPSA) is 116 Å². The fourth-order valence-electron chi connectivity index (χ4n) is 2.52. The van der Waals surface area contributed by atoms with Crippen molar-refractivity contribution in [1.82, 2.24) is 19.8 Å². The molecule has 0 atom stereocenters. The van der Waals surface area contributed by atoms with Crippen molar-refractivity contribution >= 4 is 45.6 Å². The van der Waals surface area contributed by atoms with Crippen molar-refractivity contribution in [3.63, 3.8) is 0 Å². The highest BCUT2D eigenvalue weighted by Gasteiger charge is 2.23. The first-order valence-electron chi connectivity index (χ1n) is 9.16. The molecule has 0 unspecified atom stereocenters. The molecule has 1 aromatic carbocycles. The standard InChI is InChI=1S/C19H21N5O4S2/c1-5-28-16(27)11-8-6-7-9-12(11)20-13(25)10-29-18-23-24-15(26)14(19(2,3)4)21-22-17(24)30-18/h6-9H,5,10H2,1-4H3,(H,20,25). The Labute approximate surface area is 180 Å². The summed E-state index contributed by atoms with van der Waals surface area (Å²) in [5.74, 6) is -0.768. The monoisotopic (exact) mass is 447 g/mol. The van der Waals surface area contributed by atoms with Crippen molar-refractivity contribution in [2.75, 3.05) is 17.7 Å². The second-order valence-electron chi connectivity index (χ2n) is 7.27. The molecule has 0 spiro atoms. The van der Waals surface area contributed by atoms with Crippen LogP contribution in [0.15, 0.2) is 33.4 Å². The molecule has 0 aliphatic heterocycles. The number of esters is 1. The summed E-state index contributed by atoms with van der Waals surface area (Å²) in [6, 6.07) is 6.64. The van der Waals surface area contributed by atoms with Crippen LogP contribution in [0.4, 0.5) is 5.69 Å². The second-order valence-corrected chi connectivity index (χ2v) is 9.45. The lowest BCUT2D eigenvalue weighted by atomic mass is 9.93. The molecule has 0 saturated heterocycles. The van der Waals surface area contributed by atoms with E-state index in [-0.39, 0.29) is 29.4 Å². The molecule has 0 aliphatic rings. The number of benzene rings is 1. The zero-order chi connectivity index (χ0) is 21.9. The number of thioether (sulfide) groups is 1. The molecule has 2 heterocycles. The number of anilines is 1. The minimum atomic E-state index is -0.500. The Hall–Kier alpha value is -2.79. The average molecular weight is 448 g/mol. The molecule has 0 saturated carbocycles. The lowest BCUT2D eigenvalue weighted by Crippen LogP contribution is -2.30. The van der Waals surface area contributed by atoms with E-state index in [1.807, 2.05) is 20.8 Å². The van der Waals surface area contributed by atoms with Crippen molar-refractivity contribution in [2.45, 2.75) is 37.4 Å². The molecular formula is C19H21N5O4S2. The molecule has 3 rings (SSSR count). The van der Waals surface area contributed by atoms with Gasteiger partial charge in [0.1, 0.15) is 5.69 Å². The average Bonchev–Trinajstić information content (AvgIpc) is 3.10. The molecule has 158 valence electrons. The van der Waals surface area contributed by atoms with E-state index in [4.69, 9.17) is 4.74 Å². The minimum Gasteiger partial charge on any atom is -0.462 e. The molecular weight excluding hydrogens is 426 g/mol. The van der Waals surface area contributed by atoms with Crippen LogP contribution in [0.25, 0.3) is 4.96 Å². The van der Waals surface area contributed by atoms with Gasteiger partial charge in [0.2, 0.25) is 10.9 Å². The number of carbonyl (C=O) groups excluding carboxylic acids is 2. The van der Waals surface area contributed by atoms with Gasteiger partial charge in [0, 0.05) is 5.41 Å². The first-order valence-corrected chi connectivity index (χ1v) is 11.0. The van der Waals surface area contributed by atoms with Crippen LogP contribution in [-0.2, 0) is 14.9 Å². The summed E-state index contributed by atoms with van der Waals surface area (Å²) in [5, 5.41) is 15.1. The van der Waals surface area contributed by atoms with Gasteiger partial charge in [0.25, 0.3) is 5.56 Å². The van der Waals surface area contributed by atoms with Gasteiger partial charge in [-0.05, 0) is 19.1 Å². The number of rotatable bonds is 6. The number of hydrogen-bond acceptors (Lipinski definition) is 9. The van der Waals surface area contributed by atoms with Gasteiger partial charge in [-0.2, -0.15) is 4.52 Å². The molecule has 9 nitrogen and oxygen atoms in total. The van der Waals surface area contributed by atoms with Crippen molar-refractivity contribution in [2.24, 2.45) is 0 Å². The van der Waals surface area contributed by atoms with E-state index in [2.05, 4.69) is 20.6 Å². The van der Waals surface area contributed by atoms with E-state index < -0.39 is 11.4 Å². The zero-order valence-electron chi connectivity index (χ0n) is 17.0. The largest absolute Gasteiger partial charge is 0.462 e. The molecule has 1 N–H and O–H groups in total. The third-order valence-electron chi connectivity index (χ3n) is 3.91. The van der Waals surface area contributed by atoms with E-state index >= 15 is 0 Å². The van der Waals surface area contributed by atoms with Gasteiger partial charge < -0.3 is 10.1 Å². The minimum absolute atomic E-state index is 0.0469. The molecule has 3 aromatic rings. The fraction of sp³-hybridized carbons (Fsp3) is 0.368. The van der Waals surface area contributed by atoms with Crippen LogP contribution in [0.3, 0.4) is 0 Å². The number of nitrogens with one attached hydrogen (secondary N) is 1. The summed E-state index contributed by atoms with van der Waals surface area (Å²) in [6.07, 6.45) is 0. The summed E-state index contributed by atoms with van der Waals surface area (Å²) >= 11 is 2.35. The Balaban J connectivity index is 1.71. The van der Waals surface area contributed by atoms with Crippen molar-refractivity contribution in [3.05, 3.63) is 45.9 Å². The third-order valence-corrected chi connectivity index (χ3v) is 5.94. The predicted molar refractivity (Wildman–Crippen MR) is 115 cm³/mol. The van der Waals surface area contributed by atoms with Gasteiger partial charge in [-0.25, -0.2) is 4.79 Å². The van der Waals surface area contributed by atoms with Gasteiger partial charge in [-0.3, -0.25) is 9.59 Å². The first kappa shape index (κ1) is 21.9. The number of ether oxygens (including phenoxy) is 1. The van der Waals surface area contributed by atoms with Crippen molar-refractivity contribution < 1.29 is 14.3 Å².